The Kier molecular flexibility index (Phi) is 6.24. The predicted octanol–water partition coefficient (Wildman–Crippen LogP) is 5.68. The second-order valence-electron chi connectivity index (χ2n) is 9.35. The van der Waals surface area contributed by atoms with Crippen LogP contribution in [0.4, 0.5) is 5.82 Å². The van der Waals surface area contributed by atoms with E-state index in [4.69, 9.17) is 9.72 Å². The number of carbonyl (C=O) groups is 1. The van der Waals surface area contributed by atoms with Gasteiger partial charge in [0.25, 0.3) is 0 Å². The number of pyridine rings is 1. The van der Waals surface area contributed by atoms with Gasteiger partial charge in [0.2, 0.25) is 5.91 Å². The number of ether oxygens (including phenoxy) is 1. The maximum Gasteiger partial charge on any atom is 0.227 e. The van der Waals surface area contributed by atoms with Crippen LogP contribution in [0.1, 0.15) is 48.5 Å². The van der Waals surface area contributed by atoms with E-state index in [1.165, 1.54) is 17.5 Å². The molecule has 2 aromatic carbocycles. The van der Waals surface area contributed by atoms with Gasteiger partial charge in [-0.2, -0.15) is 0 Å². The Hall–Kier alpha value is -3.38. The molecule has 0 amide bonds. The van der Waals surface area contributed by atoms with E-state index in [0.29, 0.717) is 12.1 Å². The molecule has 0 radical (unpaired) electrons. The fourth-order valence-corrected chi connectivity index (χ4v) is 5.20. The normalized spacial score (nSPS) is 18.3. The number of aryl methyl sites for hydroxylation is 1. The molecule has 1 aliphatic carbocycles. The molecular formula is C28H32N4O2. The number of hydrogen-bond acceptors (Lipinski definition) is 5. The van der Waals surface area contributed by atoms with Crippen molar-refractivity contribution in [2.24, 2.45) is 0 Å². The molecule has 4 aromatic rings. The van der Waals surface area contributed by atoms with Gasteiger partial charge >= 0.3 is 0 Å². The summed E-state index contributed by atoms with van der Waals surface area (Å²) in [6.45, 7) is 4.49. The Morgan fingerprint density at radius 2 is 1.94 bits per heavy atom. The van der Waals surface area contributed by atoms with Gasteiger partial charge in [-0.3, -0.25) is 9.36 Å². The summed E-state index contributed by atoms with van der Waals surface area (Å²) < 4.78 is 7.11. The van der Waals surface area contributed by atoms with E-state index >= 15 is 0 Å². The van der Waals surface area contributed by atoms with Crippen LogP contribution < -0.4 is 15.4 Å². The van der Waals surface area contributed by atoms with E-state index < -0.39 is 0 Å². The second-order valence-corrected chi connectivity index (χ2v) is 9.35. The first kappa shape index (κ1) is 22.4. The maximum atomic E-state index is 12.1. The number of anilines is 1. The first-order valence-electron chi connectivity index (χ1n) is 12.1. The largest absolute Gasteiger partial charge is 0.497 e. The van der Waals surface area contributed by atoms with Crippen molar-refractivity contribution in [1.82, 2.24) is 14.9 Å². The van der Waals surface area contributed by atoms with Gasteiger partial charge in [0.05, 0.1) is 18.1 Å². The van der Waals surface area contributed by atoms with E-state index in [1.807, 2.05) is 42.6 Å². The standard InChI is InChI=1S/C28H32N4O2/c1-18-13-28(31-26-12-11-23(34-3)15-25(18)26)30-22-8-6-7-21(14-22)29-16-20-17-32(19(2)33)27-10-5-4-9-24(20)27/h4-5,9-13,15,17,21-22,29H,6-8,14,16H2,1-3H3,(H,30,31). The number of hydrogen-bond donors (Lipinski definition) is 2. The zero-order valence-electron chi connectivity index (χ0n) is 20.1. The summed E-state index contributed by atoms with van der Waals surface area (Å²) in [5.74, 6) is 1.83. The zero-order valence-corrected chi connectivity index (χ0v) is 20.1. The van der Waals surface area contributed by atoms with Crippen molar-refractivity contribution in [3.05, 3.63) is 65.9 Å². The van der Waals surface area contributed by atoms with Crippen molar-refractivity contribution in [3.8, 4) is 5.75 Å². The average molecular weight is 457 g/mol. The molecule has 0 spiro atoms. The lowest BCUT2D eigenvalue weighted by molar-refractivity contribution is 0.0941. The molecule has 0 saturated heterocycles. The molecule has 5 rings (SSSR count). The summed E-state index contributed by atoms with van der Waals surface area (Å²) in [7, 11) is 1.69. The molecule has 2 N–H and O–H groups in total. The third-order valence-electron chi connectivity index (χ3n) is 6.96. The van der Waals surface area contributed by atoms with Crippen LogP contribution in [0.25, 0.3) is 21.8 Å². The molecule has 0 bridgehead atoms. The summed E-state index contributed by atoms with van der Waals surface area (Å²) in [6, 6.07) is 17.1. The molecule has 34 heavy (non-hydrogen) atoms. The van der Waals surface area contributed by atoms with Gasteiger partial charge in [-0.25, -0.2) is 4.98 Å². The smallest absolute Gasteiger partial charge is 0.227 e. The van der Waals surface area contributed by atoms with E-state index in [2.05, 4.69) is 29.7 Å². The first-order valence-corrected chi connectivity index (χ1v) is 12.1. The van der Waals surface area contributed by atoms with E-state index in [0.717, 1.165) is 59.2 Å². The lowest BCUT2D eigenvalue weighted by Crippen LogP contribution is -2.38. The molecule has 176 valence electrons. The Morgan fingerprint density at radius 1 is 1.12 bits per heavy atom. The number of fused-ring (bicyclic) bond motifs is 2. The van der Waals surface area contributed by atoms with Crippen molar-refractivity contribution < 1.29 is 9.53 Å². The highest BCUT2D eigenvalue weighted by Gasteiger charge is 2.23. The number of nitrogens with zero attached hydrogens (tertiary/aromatic N) is 2. The second kappa shape index (κ2) is 9.47. The Morgan fingerprint density at radius 3 is 2.76 bits per heavy atom. The van der Waals surface area contributed by atoms with E-state index in [-0.39, 0.29) is 5.91 Å². The summed E-state index contributed by atoms with van der Waals surface area (Å²) in [4.78, 5) is 16.9. The topological polar surface area (TPSA) is 68.2 Å². The molecule has 6 heteroatoms. The van der Waals surface area contributed by atoms with Crippen molar-refractivity contribution in [2.75, 3.05) is 12.4 Å². The number of rotatable bonds is 6. The van der Waals surface area contributed by atoms with Crippen molar-refractivity contribution in [1.29, 1.82) is 0 Å². The lowest BCUT2D eigenvalue weighted by Gasteiger charge is -2.31. The lowest BCUT2D eigenvalue weighted by atomic mass is 9.90. The quantitative estimate of drug-likeness (QED) is 0.391. The number of aromatic nitrogens is 2. The molecule has 2 heterocycles. The number of carbonyl (C=O) groups excluding carboxylic acids is 1. The average Bonchev–Trinajstić information content (AvgIpc) is 3.22. The minimum Gasteiger partial charge on any atom is -0.497 e. The Balaban J connectivity index is 1.26. The molecule has 1 aliphatic rings. The monoisotopic (exact) mass is 456 g/mol. The van der Waals surface area contributed by atoms with E-state index in [9.17, 15) is 4.79 Å². The number of benzene rings is 2. The van der Waals surface area contributed by atoms with Crippen LogP contribution in [0.2, 0.25) is 0 Å². The van der Waals surface area contributed by atoms with Crippen LogP contribution in [0.5, 0.6) is 5.75 Å². The van der Waals surface area contributed by atoms with Gasteiger partial charge in [-0.1, -0.05) is 18.2 Å². The number of para-hydroxylation sites is 1. The highest BCUT2D eigenvalue weighted by Crippen LogP contribution is 2.28. The van der Waals surface area contributed by atoms with Gasteiger partial charge in [0.15, 0.2) is 0 Å². The molecule has 2 atom stereocenters. The highest BCUT2D eigenvalue weighted by molar-refractivity contribution is 5.93. The van der Waals surface area contributed by atoms with Crippen LogP contribution in [-0.4, -0.2) is 34.7 Å². The number of methoxy groups -OCH3 is 1. The minimum atomic E-state index is 0.0426. The van der Waals surface area contributed by atoms with Gasteiger partial charge in [0, 0.05) is 42.5 Å². The van der Waals surface area contributed by atoms with Crippen molar-refractivity contribution >= 4 is 33.5 Å². The first-order chi connectivity index (χ1) is 16.5. The summed E-state index contributed by atoms with van der Waals surface area (Å²) in [5.41, 5.74) is 4.32. The summed E-state index contributed by atoms with van der Waals surface area (Å²) in [5, 5.41) is 9.71. The van der Waals surface area contributed by atoms with Crippen LogP contribution in [-0.2, 0) is 6.54 Å². The molecule has 0 aliphatic heterocycles. The zero-order chi connectivity index (χ0) is 23.7. The van der Waals surface area contributed by atoms with Crippen LogP contribution in [0, 0.1) is 6.92 Å². The highest BCUT2D eigenvalue weighted by atomic mass is 16.5. The van der Waals surface area contributed by atoms with Crippen LogP contribution in [0.3, 0.4) is 0 Å². The van der Waals surface area contributed by atoms with Gasteiger partial charge < -0.3 is 15.4 Å². The molecule has 6 nitrogen and oxygen atoms in total. The van der Waals surface area contributed by atoms with Crippen molar-refractivity contribution in [2.45, 2.75) is 58.2 Å². The van der Waals surface area contributed by atoms with Gasteiger partial charge in [0.1, 0.15) is 11.6 Å². The van der Waals surface area contributed by atoms with E-state index in [1.54, 1.807) is 18.6 Å². The molecule has 1 fully saturated rings. The minimum absolute atomic E-state index is 0.0426. The van der Waals surface area contributed by atoms with Crippen LogP contribution >= 0.6 is 0 Å². The molecule has 2 aromatic heterocycles. The fourth-order valence-electron chi connectivity index (χ4n) is 5.20. The third kappa shape index (κ3) is 4.50. The molecular weight excluding hydrogens is 424 g/mol. The summed E-state index contributed by atoms with van der Waals surface area (Å²) in [6.07, 6.45) is 6.51. The van der Waals surface area contributed by atoms with Gasteiger partial charge in [-0.15, -0.1) is 0 Å². The summed E-state index contributed by atoms with van der Waals surface area (Å²) >= 11 is 0. The SMILES string of the molecule is COc1ccc2nc(NC3CCCC(NCc4cn(C(C)=O)c5ccccc45)C3)cc(C)c2c1. The molecule has 1 saturated carbocycles. The Labute approximate surface area is 200 Å². The fraction of sp³-hybridized carbons (Fsp3) is 0.357. The molecule has 2 unspecified atom stereocenters. The Bertz CT molecular complexity index is 1340. The predicted molar refractivity (Wildman–Crippen MR) is 138 cm³/mol. The van der Waals surface area contributed by atoms with Crippen molar-refractivity contribution in [3.63, 3.8) is 0 Å². The van der Waals surface area contributed by atoms with Crippen LogP contribution in [0.15, 0.2) is 54.7 Å². The maximum absolute atomic E-state index is 12.1. The third-order valence-corrected chi connectivity index (χ3v) is 6.96. The van der Waals surface area contributed by atoms with Gasteiger partial charge in [-0.05, 0) is 74.1 Å². The number of nitrogens with one attached hydrogen (secondary N) is 2.